The Kier molecular flexibility index (Phi) is 6.94. The number of carbonyl (C=O) groups is 1. The minimum Gasteiger partial charge on any atom is -0.493 e. The third kappa shape index (κ3) is 5.50. The van der Waals surface area contributed by atoms with Crippen molar-refractivity contribution < 1.29 is 27.1 Å². The van der Waals surface area contributed by atoms with Crippen molar-refractivity contribution >= 4 is 32.7 Å². The van der Waals surface area contributed by atoms with Gasteiger partial charge < -0.3 is 14.4 Å². The minimum atomic E-state index is -3.12. The third-order valence-electron chi connectivity index (χ3n) is 5.75. The molecule has 2 fully saturated rings. The summed E-state index contributed by atoms with van der Waals surface area (Å²) in [5.41, 5.74) is 1.67. The van der Waals surface area contributed by atoms with Gasteiger partial charge in [-0.1, -0.05) is 30.0 Å². The second kappa shape index (κ2) is 9.72. The van der Waals surface area contributed by atoms with Crippen LogP contribution >= 0.6 is 11.8 Å². The molecule has 0 unspecified atom stereocenters. The van der Waals surface area contributed by atoms with Gasteiger partial charge in [0.15, 0.2) is 26.5 Å². The van der Waals surface area contributed by atoms with Crippen molar-refractivity contribution in [2.45, 2.75) is 24.1 Å². The number of nitrogens with zero attached hydrogens (tertiary/aromatic N) is 2. The average Bonchev–Trinajstić information content (AvgIpc) is 3.24. The first-order valence-corrected chi connectivity index (χ1v) is 13.2. The maximum atomic E-state index is 13.2. The largest absolute Gasteiger partial charge is 0.493 e. The van der Waals surface area contributed by atoms with Gasteiger partial charge in [0.05, 0.1) is 38.2 Å². The number of hydrogen-bond donors (Lipinski definition) is 0. The molecule has 2 aromatic carbocycles. The number of sulfone groups is 1. The Morgan fingerprint density at radius 3 is 2.48 bits per heavy atom. The molecule has 7 nitrogen and oxygen atoms in total. The number of ether oxygens (including phenoxy) is 2. The van der Waals surface area contributed by atoms with Crippen LogP contribution in [0.2, 0.25) is 0 Å². The summed E-state index contributed by atoms with van der Waals surface area (Å²) in [6.07, 6.45) is 0.677. The molecule has 10 heteroatoms. The first-order chi connectivity index (χ1) is 15.8. The summed E-state index contributed by atoms with van der Waals surface area (Å²) < 4.78 is 48.1. The van der Waals surface area contributed by atoms with Gasteiger partial charge in [-0.2, -0.15) is 4.99 Å². The van der Waals surface area contributed by atoms with Gasteiger partial charge in [0.1, 0.15) is 5.82 Å². The van der Waals surface area contributed by atoms with E-state index in [-0.39, 0.29) is 40.9 Å². The highest BCUT2D eigenvalue weighted by atomic mass is 32.2. The lowest BCUT2D eigenvalue weighted by Crippen LogP contribution is -2.39. The van der Waals surface area contributed by atoms with E-state index in [1.54, 1.807) is 37.4 Å². The van der Waals surface area contributed by atoms with Gasteiger partial charge in [0.2, 0.25) is 0 Å². The number of halogens is 1. The molecule has 2 atom stereocenters. The second-order valence-electron chi connectivity index (χ2n) is 8.02. The molecule has 0 saturated carbocycles. The fraction of sp³-hybridized carbons (Fsp3) is 0.391. The van der Waals surface area contributed by atoms with Crippen molar-refractivity contribution in [3.63, 3.8) is 0 Å². The smallest absolute Gasteiger partial charge is 0.252 e. The predicted octanol–water partition coefficient (Wildman–Crippen LogP) is 2.73. The molecule has 0 radical (unpaired) electrons. The van der Waals surface area contributed by atoms with Gasteiger partial charge in [-0.15, -0.1) is 0 Å². The van der Waals surface area contributed by atoms with Crippen LogP contribution in [0.5, 0.6) is 11.5 Å². The molecule has 0 N–H and O–H groups in total. The van der Waals surface area contributed by atoms with E-state index in [2.05, 4.69) is 4.99 Å². The fourth-order valence-corrected chi connectivity index (χ4v) is 8.10. The Bertz CT molecular complexity index is 1170. The van der Waals surface area contributed by atoms with Gasteiger partial charge in [-0.3, -0.25) is 4.79 Å². The van der Waals surface area contributed by atoms with Crippen molar-refractivity contribution in [2.75, 3.05) is 32.3 Å². The van der Waals surface area contributed by atoms with E-state index in [1.165, 1.54) is 31.0 Å². The van der Waals surface area contributed by atoms with Crippen molar-refractivity contribution in [2.24, 2.45) is 4.99 Å². The summed E-state index contributed by atoms with van der Waals surface area (Å²) in [4.78, 5) is 19.0. The number of hydrogen-bond acceptors (Lipinski definition) is 6. The van der Waals surface area contributed by atoms with E-state index in [1.807, 2.05) is 4.90 Å². The molecule has 0 spiro atoms. The van der Waals surface area contributed by atoms with Crippen LogP contribution in [0.25, 0.3) is 0 Å². The molecule has 2 aliphatic rings. The summed E-state index contributed by atoms with van der Waals surface area (Å²) in [5.74, 6) is 0.619. The standard InChI is InChI=1S/C23H25FN2O5S2/c1-30-19-8-5-16(11-20(19)31-2)12-22(27)25-23-26(10-9-15-3-6-17(24)7-4-15)18-13-33(28,29)14-21(18)32-23/h3-8,11,18,21H,9-10,12-14H2,1-2H3/t18-,21+/m1/s1. The number of rotatable bonds is 7. The molecule has 1 amide bonds. The van der Waals surface area contributed by atoms with E-state index in [0.29, 0.717) is 29.6 Å². The Balaban J connectivity index is 1.51. The average molecular weight is 493 g/mol. The van der Waals surface area contributed by atoms with Crippen molar-refractivity contribution in [1.29, 1.82) is 0 Å². The fourth-order valence-electron chi connectivity index (χ4n) is 4.11. The van der Waals surface area contributed by atoms with Crippen molar-refractivity contribution in [3.8, 4) is 11.5 Å². The zero-order valence-corrected chi connectivity index (χ0v) is 20.0. The van der Waals surface area contributed by atoms with E-state index in [0.717, 1.165) is 11.1 Å². The lowest BCUT2D eigenvalue weighted by atomic mass is 10.1. The third-order valence-corrected chi connectivity index (χ3v) is 9.00. The first-order valence-electron chi connectivity index (χ1n) is 10.5. The molecular formula is C23H25FN2O5S2. The molecule has 2 aliphatic heterocycles. The number of amidine groups is 1. The highest BCUT2D eigenvalue weighted by molar-refractivity contribution is 8.15. The van der Waals surface area contributed by atoms with Gasteiger partial charge in [-0.05, 0) is 41.8 Å². The van der Waals surface area contributed by atoms with Crippen LogP contribution in [0.1, 0.15) is 11.1 Å². The van der Waals surface area contributed by atoms with Gasteiger partial charge in [-0.25, -0.2) is 12.8 Å². The number of thioether (sulfide) groups is 1. The van der Waals surface area contributed by atoms with Crippen LogP contribution in [0.3, 0.4) is 0 Å². The SMILES string of the molecule is COc1ccc(CC(=O)N=C2S[C@H]3CS(=O)(=O)C[C@H]3N2CCc2ccc(F)cc2)cc1OC. The molecule has 4 rings (SSSR count). The van der Waals surface area contributed by atoms with Crippen molar-refractivity contribution in [1.82, 2.24) is 4.90 Å². The highest BCUT2D eigenvalue weighted by Crippen LogP contribution is 2.38. The highest BCUT2D eigenvalue weighted by Gasteiger charge is 2.48. The predicted molar refractivity (Wildman–Crippen MR) is 126 cm³/mol. The van der Waals surface area contributed by atoms with E-state index in [9.17, 15) is 17.6 Å². The first kappa shape index (κ1) is 23.6. The van der Waals surface area contributed by atoms with Crippen LogP contribution < -0.4 is 9.47 Å². The zero-order valence-electron chi connectivity index (χ0n) is 18.4. The van der Waals surface area contributed by atoms with Crippen LogP contribution in [0, 0.1) is 5.82 Å². The van der Waals surface area contributed by atoms with E-state index in [4.69, 9.17) is 9.47 Å². The maximum absolute atomic E-state index is 13.2. The quantitative estimate of drug-likeness (QED) is 0.588. The number of amides is 1. The summed E-state index contributed by atoms with van der Waals surface area (Å²) in [6.45, 7) is 0.498. The van der Waals surface area contributed by atoms with Crippen LogP contribution in [0.4, 0.5) is 4.39 Å². The number of fused-ring (bicyclic) bond motifs is 1. The second-order valence-corrected chi connectivity index (χ2v) is 11.4. The summed E-state index contributed by atoms with van der Waals surface area (Å²) in [7, 11) is -0.0419. The van der Waals surface area contributed by atoms with Crippen LogP contribution in [0.15, 0.2) is 47.5 Å². The lowest BCUT2D eigenvalue weighted by Gasteiger charge is -2.24. The Labute approximate surface area is 196 Å². The molecular weight excluding hydrogens is 467 g/mol. The molecule has 0 bridgehead atoms. The van der Waals surface area contributed by atoms with Crippen LogP contribution in [-0.2, 0) is 27.5 Å². The number of benzene rings is 2. The number of aliphatic imine (C=N–C) groups is 1. The van der Waals surface area contributed by atoms with Gasteiger partial charge >= 0.3 is 0 Å². The normalized spacial score (nSPS) is 22.4. The molecule has 2 saturated heterocycles. The molecule has 2 aromatic rings. The monoisotopic (exact) mass is 492 g/mol. The summed E-state index contributed by atoms with van der Waals surface area (Å²) >= 11 is 1.35. The molecule has 33 heavy (non-hydrogen) atoms. The van der Waals surface area contributed by atoms with Crippen molar-refractivity contribution in [3.05, 3.63) is 59.4 Å². The number of carbonyl (C=O) groups excluding carboxylic acids is 1. The molecule has 0 aliphatic carbocycles. The number of methoxy groups -OCH3 is 2. The topological polar surface area (TPSA) is 85.3 Å². The van der Waals surface area contributed by atoms with E-state index < -0.39 is 9.84 Å². The van der Waals surface area contributed by atoms with E-state index >= 15 is 0 Å². The Morgan fingerprint density at radius 1 is 1.09 bits per heavy atom. The maximum Gasteiger partial charge on any atom is 0.252 e. The van der Waals surface area contributed by atoms with Gasteiger partial charge in [0, 0.05) is 11.8 Å². The zero-order chi connectivity index (χ0) is 23.6. The summed E-state index contributed by atoms with van der Waals surface area (Å²) in [5, 5.41) is 0.406. The minimum absolute atomic E-state index is 0.0526. The lowest BCUT2D eigenvalue weighted by molar-refractivity contribution is -0.117. The Hall–Kier alpha value is -2.59. The molecule has 2 heterocycles. The Morgan fingerprint density at radius 2 is 1.79 bits per heavy atom. The molecule has 0 aromatic heterocycles. The van der Waals surface area contributed by atoms with Gasteiger partial charge in [0.25, 0.3) is 5.91 Å². The molecule has 176 valence electrons. The van der Waals surface area contributed by atoms with Crippen LogP contribution in [-0.4, -0.2) is 68.0 Å². The summed E-state index contributed by atoms with van der Waals surface area (Å²) in [6, 6.07) is 11.3.